The first-order valence-electron chi connectivity index (χ1n) is 12.8. The van der Waals surface area contributed by atoms with E-state index in [0.29, 0.717) is 17.0 Å². The Balaban J connectivity index is 1.46. The summed E-state index contributed by atoms with van der Waals surface area (Å²) < 4.78 is 14.3. The lowest BCUT2D eigenvalue weighted by molar-refractivity contribution is 0.101. The summed E-state index contributed by atoms with van der Waals surface area (Å²) in [5, 5.41) is 0.854. The number of fused-ring (bicyclic) bond motifs is 1. The molecule has 2 heterocycles. The van der Waals surface area contributed by atoms with Gasteiger partial charge in [-0.2, -0.15) is 0 Å². The van der Waals surface area contributed by atoms with Crippen molar-refractivity contribution < 1.29 is 9.18 Å². The van der Waals surface area contributed by atoms with Crippen molar-refractivity contribution in [1.29, 1.82) is 0 Å². The number of terminal acetylenes is 1. The standard InChI is InChI=1S/C33H31FN2O/c1-5-23-8-10-24(11-9-23)26-14-17-31-30(19-26)29(22(2)37)20-32(35-31)36-18-6-7-27(21-36)25-12-15-28(16-13-25)33(3,4)34/h1,8-17,19-20,27H,6-7,18,21H2,2-4H3. The van der Waals surface area contributed by atoms with Crippen LogP contribution in [-0.4, -0.2) is 23.9 Å². The van der Waals surface area contributed by atoms with Gasteiger partial charge < -0.3 is 4.90 Å². The Morgan fingerprint density at radius 1 is 1.03 bits per heavy atom. The van der Waals surface area contributed by atoms with Gasteiger partial charge in [0, 0.05) is 35.5 Å². The van der Waals surface area contributed by atoms with Crippen LogP contribution in [0.2, 0.25) is 0 Å². The number of alkyl halides is 1. The van der Waals surface area contributed by atoms with E-state index in [9.17, 15) is 9.18 Å². The third-order valence-corrected chi connectivity index (χ3v) is 7.37. The van der Waals surface area contributed by atoms with Crippen molar-refractivity contribution >= 4 is 22.5 Å². The van der Waals surface area contributed by atoms with Crippen LogP contribution in [0.4, 0.5) is 10.2 Å². The Morgan fingerprint density at radius 2 is 1.73 bits per heavy atom. The second-order valence-corrected chi connectivity index (χ2v) is 10.4. The van der Waals surface area contributed by atoms with Crippen LogP contribution >= 0.6 is 0 Å². The van der Waals surface area contributed by atoms with E-state index in [-0.39, 0.29) is 5.78 Å². The van der Waals surface area contributed by atoms with Crippen molar-refractivity contribution in [1.82, 2.24) is 4.98 Å². The maximum absolute atomic E-state index is 14.3. The molecular weight excluding hydrogens is 459 g/mol. The average molecular weight is 491 g/mol. The molecule has 1 atom stereocenters. The minimum atomic E-state index is -1.35. The fraction of sp³-hybridized carbons (Fsp3) is 0.273. The Hall–Kier alpha value is -3.97. The molecule has 1 aliphatic rings. The van der Waals surface area contributed by atoms with Crippen LogP contribution in [0.3, 0.4) is 0 Å². The zero-order valence-electron chi connectivity index (χ0n) is 21.6. The summed E-state index contributed by atoms with van der Waals surface area (Å²) in [5.41, 5.74) is 4.94. The highest BCUT2D eigenvalue weighted by atomic mass is 19.1. The summed E-state index contributed by atoms with van der Waals surface area (Å²) in [6.07, 6.45) is 7.60. The van der Waals surface area contributed by atoms with Gasteiger partial charge in [-0.15, -0.1) is 6.42 Å². The maximum atomic E-state index is 14.3. The van der Waals surface area contributed by atoms with E-state index in [1.807, 2.05) is 60.7 Å². The van der Waals surface area contributed by atoms with E-state index in [1.54, 1.807) is 20.8 Å². The molecule has 1 aliphatic heterocycles. The zero-order chi connectivity index (χ0) is 26.2. The lowest BCUT2D eigenvalue weighted by Crippen LogP contribution is -2.35. The third kappa shape index (κ3) is 5.13. The van der Waals surface area contributed by atoms with Crippen LogP contribution in [0, 0.1) is 12.3 Å². The van der Waals surface area contributed by atoms with Gasteiger partial charge in [0.2, 0.25) is 0 Å². The van der Waals surface area contributed by atoms with Gasteiger partial charge in [0.1, 0.15) is 11.5 Å². The molecule has 1 aromatic heterocycles. The van der Waals surface area contributed by atoms with Crippen LogP contribution in [-0.2, 0) is 5.67 Å². The predicted octanol–water partition coefficient (Wildman–Crippen LogP) is 7.67. The van der Waals surface area contributed by atoms with Gasteiger partial charge in [-0.05, 0) is 86.2 Å². The Labute approximate surface area is 218 Å². The number of hydrogen-bond donors (Lipinski definition) is 0. The van der Waals surface area contributed by atoms with Gasteiger partial charge >= 0.3 is 0 Å². The van der Waals surface area contributed by atoms with Crippen molar-refractivity contribution in [3.63, 3.8) is 0 Å². The molecule has 0 bridgehead atoms. The van der Waals surface area contributed by atoms with Gasteiger partial charge in [-0.3, -0.25) is 4.79 Å². The molecule has 37 heavy (non-hydrogen) atoms. The Kier molecular flexibility index (Phi) is 6.56. The number of rotatable bonds is 5. The average Bonchev–Trinajstić information content (AvgIpc) is 2.91. The minimum absolute atomic E-state index is 0.0199. The minimum Gasteiger partial charge on any atom is -0.356 e. The molecule has 0 saturated carbocycles. The summed E-state index contributed by atoms with van der Waals surface area (Å²) in [4.78, 5) is 20.0. The normalized spacial score (nSPS) is 16.0. The second-order valence-electron chi connectivity index (χ2n) is 10.4. The highest BCUT2D eigenvalue weighted by Gasteiger charge is 2.25. The first-order chi connectivity index (χ1) is 17.7. The van der Waals surface area contributed by atoms with Crippen molar-refractivity contribution in [2.24, 2.45) is 0 Å². The molecular formula is C33H31FN2O. The summed E-state index contributed by atoms with van der Waals surface area (Å²) in [7, 11) is 0. The molecule has 186 valence electrons. The molecule has 1 saturated heterocycles. The zero-order valence-corrected chi connectivity index (χ0v) is 21.6. The Morgan fingerprint density at radius 3 is 2.38 bits per heavy atom. The molecule has 5 rings (SSSR count). The van der Waals surface area contributed by atoms with Crippen molar-refractivity contribution in [2.75, 3.05) is 18.0 Å². The van der Waals surface area contributed by atoms with E-state index in [0.717, 1.165) is 59.3 Å². The van der Waals surface area contributed by atoms with Gasteiger partial charge in [-0.1, -0.05) is 48.4 Å². The quantitative estimate of drug-likeness (QED) is 0.213. The molecule has 1 unspecified atom stereocenters. The van der Waals surface area contributed by atoms with Crippen molar-refractivity contribution in [2.45, 2.75) is 45.2 Å². The maximum Gasteiger partial charge on any atom is 0.160 e. The van der Waals surface area contributed by atoms with Crippen LogP contribution in [0.5, 0.6) is 0 Å². The number of nitrogens with zero attached hydrogens (tertiary/aromatic N) is 2. The summed E-state index contributed by atoms with van der Waals surface area (Å²) in [6, 6.07) is 23.8. The van der Waals surface area contributed by atoms with Crippen LogP contribution in [0.25, 0.3) is 22.0 Å². The first kappa shape index (κ1) is 24.7. The number of pyridine rings is 1. The number of ketones is 1. The van der Waals surface area contributed by atoms with Gasteiger partial charge in [0.25, 0.3) is 0 Å². The number of hydrogen-bond acceptors (Lipinski definition) is 3. The highest BCUT2D eigenvalue weighted by molar-refractivity contribution is 6.08. The fourth-order valence-corrected chi connectivity index (χ4v) is 5.21. The van der Waals surface area contributed by atoms with E-state index < -0.39 is 5.67 Å². The summed E-state index contributed by atoms with van der Waals surface area (Å²) >= 11 is 0. The second kappa shape index (κ2) is 9.82. The Bertz CT molecular complexity index is 1490. The molecule has 0 amide bonds. The van der Waals surface area contributed by atoms with Gasteiger partial charge in [-0.25, -0.2) is 9.37 Å². The van der Waals surface area contributed by atoms with Crippen LogP contribution in [0.15, 0.2) is 72.8 Å². The molecule has 4 aromatic rings. The van der Waals surface area contributed by atoms with E-state index in [2.05, 4.69) is 23.0 Å². The van der Waals surface area contributed by atoms with E-state index >= 15 is 0 Å². The number of halogens is 1. The number of benzene rings is 3. The van der Waals surface area contributed by atoms with E-state index in [1.165, 1.54) is 5.56 Å². The molecule has 3 aromatic carbocycles. The lowest BCUT2D eigenvalue weighted by atomic mass is 9.88. The number of carbonyl (C=O) groups excluding carboxylic acids is 1. The molecule has 0 radical (unpaired) electrons. The smallest absolute Gasteiger partial charge is 0.160 e. The number of Topliss-reactive ketones (excluding diaryl/α,β-unsaturated/α-hetero) is 1. The number of carbonyl (C=O) groups is 1. The van der Waals surface area contributed by atoms with E-state index in [4.69, 9.17) is 11.4 Å². The summed E-state index contributed by atoms with van der Waals surface area (Å²) in [6.45, 7) is 6.48. The number of piperidine rings is 1. The lowest BCUT2D eigenvalue weighted by Gasteiger charge is -2.34. The topological polar surface area (TPSA) is 33.2 Å². The molecule has 4 heteroatoms. The SMILES string of the molecule is C#Cc1ccc(-c2ccc3nc(N4CCCC(c5ccc(C(C)(C)F)cc5)C4)cc(C(C)=O)c3c2)cc1. The van der Waals surface area contributed by atoms with Crippen LogP contribution in [0.1, 0.15) is 66.6 Å². The molecule has 0 N–H and O–H groups in total. The van der Waals surface area contributed by atoms with Crippen LogP contribution < -0.4 is 4.90 Å². The predicted molar refractivity (Wildman–Crippen MR) is 150 cm³/mol. The molecule has 1 fully saturated rings. The highest BCUT2D eigenvalue weighted by Crippen LogP contribution is 2.34. The molecule has 0 spiro atoms. The largest absolute Gasteiger partial charge is 0.356 e. The fourth-order valence-electron chi connectivity index (χ4n) is 5.21. The first-order valence-corrected chi connectivity index (χ1v) is 12.8. The monoisotopic (exact) mass is 490 g/mol. The van der Waals surface area contributed by atoms with Crippen molar-refractivity contribution in [3.8, 4) is 23.5 Å². The third-order valence-electron chi connectivity index (χ3n) is 7.37. The number of anilines is 1. The molecule has 0 aliphatic carbocycles. The van der Waals surface area contributed by atoms with Gasteiger partial charge in [0.05, 0.1) is 5.52 Å². The molecule has 3 nitrogen and oxygen atoms in total. The summed E-state index contributed by atoms with van der Waals surface area (Å²) in [5.74, 6) is 3.82. The number of aromatic nitrogens is 1. The van der Waals surface area contributed by atoms with Gasteiger partial charge in [0.15, 0.2) is 5.78 Å². The van der Waals surface area contributed by atoms with Crippen molar-refractivity contribution in [3.05, 3.63) is 95.1 Å².